The molecule has 0 amide bonds. The van der Waals surface area contributed by atoms with E-state index in [0.29, 0.717) is 23.6 Å². The summed E-state index contributed by atoms with van der Waals surface area (Å²) in [4.78, 5) is 27.1. The van der Waals surface area contributed by atoms with Crippen molar-refractivity contribution < 1.29 is 14.3 Å². The van der Waals surface area contributed by atoms with E-state index in [9.17, 15) is 9.59 Å². The van der Waals surface area contributed by atoms with E-state index >= 15 is 0 Å². The molecule has 3 aromatic rings. The van der Waals surface area contributed by atoms with Crippen molar-refractivity contribution in [3.8, 4) is 0 Å². The molecule has 3 rings (SSSR count). The Morgan fingerprint density at radius 1 is 1.08 bits per heavy atom. The number of hydrogen-bond acceptors (Lipinski definition) is 3. The highest BCUT2D eigenvalue weighted by Crippen LogP contribution is 2.18. The second-order valence-electron chi connectivity index (χ2n) is 5.75. The normalized spacial score (nSPS) is 11.1. The predicted molar refractivity (Wildman–Crippen MR) is 98.8 cm³/mol. The zero-order valence-electron chi connectivity index (χ0n) is 14.2. The number of H-pyrrole nitrogens is 1. The van der Waals surface area contributed by atoms with Gasteiger partial charge in [0.2, 0.25) is 0 Å². The minimum Gasteiger partial charge on any atom is -0.461 e. The van der Waals surface area contributed by atoms with Gasteiger partial charge in [0.25, 0.3) is 0 Å². The fourth-order valence-corrected chi connectivity index (χ4v) is 2.71. The smallest absolute Gasteiger partial charge is 0.354 e. The molecular weight excluding hydrogens is 314 g/mol. The number of aromatic nitrogens is 1. The second kappa shape index (κ2) is 7.18. The third-order valence-corrected chi connectivity index (χ3v) is 3.98. The van der Waals surface area contributed by atoms with Gasteiger partial charge in [-0.25, -0.2) is 4.79 Å². The molecule has 0 aliphatic carbocycles. The van der Waals surface area contributed by atoms with Crippen molar-refractivity contribution in [2.75, 3.05) is 6.61 Å². The Morgan fingerprint density at radius 2 is 1.84 bits per heavy atom. The third kappa shape index (κ3) is 3.69. The van der Waals surface area contributed by atoms with Crippen molar-refractivity contribution in [3.05, 3.63) is 77.1 Å². The van der Waals surface area contributed by atoms with Crippen LogP contribution in [0.4, 0.5) is 0 Å². The van der Waals surface area contributed by atoms with Gasteiger partial charge in [-0.15, -0.1) is 0 Å². The van der Waals surface area contributed by atoms with Crippen molar-refractivity contribution in [1.29, 1.82) is 0 Å². The highest BCUT2D eigenvalue weighted by atomic mass is 16.5. The summed E-state index contributed by atoms with van der Waals surface area (Å²) in [5.41, 5.74) is 2.36. The van der Waals surface area contributed by atoms with Crippen LogP contribution in [0.25, 0.3) is 16.8 Å². The van der Waals surface area contributed by atoms with Crippen molar-refractivity contribution in [2.24, 2.45) is 0 Å². The summed E-state index contributed by atoms with van der Waals surface area (Å²) in [6.45, 7) is 3.80. The summed E-state index contributed by atoms with van der Waals surface area (Å²) in [5.74, 6) is -0.611. The van der Waals surface area contributed by atoms with E-state index in [1.54, 1.807) is 26.0 Å². The number of rotatable bonds is 5. The highest BCUT2D eigenvalue weighted by Gasteiger charge is 2.15. The number of ketones is 1. The van der Waals surface area contributed by atoms with E-state index in [1.165, 1.54) is 6.08 Å². The number of benzene rings is 2. The van der Waals surface area contributed by atoms with E-state index in [2.05, 4.69) is 4.98 Å². The average Bonchev–Trinajstić information content (AvgIpc) is 3.02. The van der Waals surface area contributed by atoms with Crippen LogP contribution in [-0.2, 0) is 4.74 Å². The van der Waals surface area contributed by atoms with Gasteiger partial charge in [0.1, 0.15) is 5.69 Å². The van der Waals surface area contributed by atoms with Crippen LogP contribution in [0.15, 0.2) is 54.6 Å². The first-order chi connectivity index (χ1) is 12.1. The summed E-state index contributed by atoms with van der Waals surface area (Å²) in [5, 5.41) is 2.28. The van der Waals surface area contributed by atoms with Gasteiger partial charge in [-0.2, -0.15) is 0 Å². The third-order valence-electron chi connectivity index (χ3n) is 3.98. The van der Waals surface area contributed by atoms with Crippen LogP contribution in [0.2, 0.25) is 0 Å². The molecule has 0 fully saturated rings. The standard InChI is InChI=1S/C21H19NO3/c1-3-25-21(24)19-13-18(14(2)22-19)20(23)11-9-15-8-10-16-6-4-5-7-17(16)12-15/h4-13,22H,3H2,1-2H3. The van der Waals surface area contributed by atoms with E-state index in [-0.39, 0.29) is 5.78 Å². The quantitative estimate of drug-likeness (QED) is 0.423. The molecule has 0 bridgehead atoms. The lowest BCUT2D eigenvalue weighted by Crippen LogP contribution is -2.04. The maximum atomic E-state index is 12.4. The zero-order valence-corrected chi connectivity index (χ0v) is 14.2. The Morgan fingerprint density at radius 3 is 2.60 bits per heavy atom. The number of hydrogen-bond donors (Lipinski definition) is 1. The van der Waals surface area contributed by atoms with Gasteiger partial charge < -0.3 is 9.72 Å². The lowest BCUT2D eigenvalue weighted by atomic mass is 10.1. The SMILES string of the molecule is CCOC(=O)c1cc(C(=O)C=Cc2ccc3ccccc3c2)c(C)[nH]1. The Labute approximate surface area is 146 Å². The van der Waals surface area contributed by atoms with Crippen LogP contribution in [0.1, 0.15) is 39.0 Å². The van der Waals surface area contributed by atoms with Gasteiger partial charge in [-0.1, -0.05) is 42.5 Å². The summed E-state index contributed by atoms with van der Waals surface area (Å²) in [7, 11) is 0. The molecule has 0 aliphatic heterocycles. The van der Waals surface area contributed by atoms with Gasteiger partial charge in [-0.05, 0) is 48.4 Å². The first-order valence-corrected chi connectivity index (χ1v) is 8.16. The first kappa shape index (κ1) is 16.7. The van der Waals surface area contributed by atoms with Crippen LogP contribution >= 0.6 is 0 Å². The van der Waals surface area contributed by atoms with Crippen molar-refractivity contribution >= 4 is 28.6 Å². The lowest BCUT2D eigenvalue weighted by Gasteiger charge is -1.99. The predicted octanol–water partition coefficient (Wildman–Crippen LogP) is 4.55. The molecule has 126 valence electrons. The molecule has 1 aromatic heterocycles. The number of nitrogens with one attached hydrogen (secondary N) is 1. The number of ether oxygens (including phenoxy) is 1. The molecule has 0 saturated carbocycles. The van der Waals surface area contributed by atoms with Crippen LogP contribution in [0.3, 0.4) is 0 Å². The summed E-state index contributed by atoms with van der Waals surface area (Å²) in [6.07, 6.45) is 3.31. The molecule has 0 atom stereocenters. The number of aromatic amines is 1. The number of allylic oxidation sites excluding steroid dienone is 1. The maximum Gasteiger partial charge on any atom is 0.354 e. The van der Waals surface area contributed by atoms with E-state index in [4.69, 9.17) is 4.74 Å². The molecular formula is C21H19NO3. The zero-order chi connectivity index (χ0) is 17.8. The van der Waals surface area contributed by atoms with Crippen molar-refractivity contribution in [2.45, 2.75) is 13.8 Å². The van der Waals surface area contributed by atoms with Gasteiger partial charge in [0, 0.05) is 11.3 Å². The molecule has 4 nitrogen and oxygen atoms in total. The van der Waals surface area contributed by atoms with Crippen LogP contribution in [0, 0.1) is 6.92 Å². The molecule has 0 aliphatic rings. The highest BCUT2D eigenvalue weighted by molar-refractivity contribution is 6.09. The number of aryl methyl sites for hydroxylation is 1. The lowest BCUT2D eigenvalue weighted by molar-refractivity contribution is 0.0520. The molecule has 0 radical (unpaired) electrons. The first-order valence-electron chi connectivity index (χ1n) is 8.16. The van der Waals surface area contributed by atoms with E-state index in [0.717, 1.165) is 16.3 Å². The fourth-order valence-electron chi connectivity index (χ4n) is 2.71. The minimum absolute atomic E-state index is 0.155. The molecule has 2 aromatic carbocycles. The summed E-state index contributed by atoms with van der Waals surface area (Å²) in [6, 6.07) is 15.6. The van der Waals surface area contributed by atoms with Crippen molar-refractivity contribution in [3.63, 3.8) is 0 Å². The topological polar surface area (TPSA) is 59.2 Å². The largest absolute Gasteiger partial charge is 0.461 e. The molecule has 1 heterocycles. The number of esters is 1. The Bertz CT molecular complexity index is 966. The number of fused-ring (bicyclic) bond motifs is 1. The molecule has 0 saturated heterocycles. The van der Waals surface area contributed by atoms with Gasteiger partial charge in [-0.3, -0.25) is 4.79 Å². The average molecular weight is 333 g/mol. The Balaban J connectivity index is 1.81. The van der Waals surface area contributed by atoms with Gasteiger partial charge in [0.15, 0.2) is 5.78 Å². The fraction of sp³-hybridized carbons (Fsp3) is 0.143. The van der Waals surface area contributed by atoms with Crippen molar-refractivity contribution in [1.82, 2.24) is 4.98 Å². The monoisotopic (exact) mass is 333 g/mol. The van der Waals surface area contributed by atoms with E-state index in [1.807, 2.05) is 42.5 Å². The summed E-state index contributed by atoms with van der Waals surface area (Å²) >= 11 is 0. The molecule has 25 heavy (non-hydrogen) atoms. The maximum absolute atomic E-state index is 12.4. The minimum atomic E-state index is -0.455. The molecule has 1 N–H and O–H groups in total. The summed E-state index contributed by atoms with van der Waals surface area (Å²) < 4.78 is 4.95. The Hall–Kier alpha value is -3.14. The van der Waals surface area contributed by atoms with Crippen LogP contribution in [-0.4, -0.2) is 23.3 Å². The molecule has 4 heteroatoms. The van der Waals surface area contributed by atoms with Gasteiger partial charge >= 0.3 is 5.97 Å². The van der Waals surface area contributed by atoms with Crippen LogP contribution < -0.4 is 0 Å². The molecule has 0 spiro atoms. The Kier molecular flexibility index (Phi) is 4.80. The van der Waals surface area contributed by atoms with E-state index < -0.39 is 5.97 Å². The number of carbonyl (C=O) groups excluding carboxylic acids is 2. The second-order valence-corrected chi connectivity index (χ2v) is 5.75. The number of carbonyl (C=O) groups is 2. The van der Waals surface area contributed by atoms with Crippen LogP contribution in [0.5, 0.6) is 0 Å². The van der Waals surface area contributed by atoms with Gasteiger partial charge in [0.05, 0.1) is 6.61 Å². The molecule has 0 unspecified atom stereocenters.